The number of hydrogen-bond acceptors (Lipinski definition) is 4. The van der Waals surface area contributed by atoms with Crippen LogP contribution >= 0.6 is 15.9 Å². The Hall–Kier alpha value is -1.49. The molecule has 0 fully saturated rings. The molecule has 0 aliphatic heterocycles. The van der Waals surface area contributed by atoms with Gasteiger partial charge in [-0.25, -0.2) is 0 Å². The van der Waals surface area contributed by atoms with E-state index in [2.05, 4.69) is 20.9 Å². The van der Waals surface area contributed by atoms with Crippen molar-refractivity contribution in [2.75, 3.05) is 21.3 Å². The first-order chi connectivity index (χ1) is 8.22. The number of aromatic nitrogens is 1. The lowest BCUT2D eigenvalue weighted by atomic mass is 10.1. The summed E-state index contributed by atoms with van der Waals surface area (Å²) in [4.78, 5) is 4.29. The minimum Gasteiger partial charge on any atom is -0.493 e. The number of pyridine rings is 1. The summed E-state index contributed by atoms with van der Waals surface area (Å²) in [6.45, 7) is 0. The van der Waals surface area contributed by atoms with E-state index in [4.69, 9.17) is 14.2 Å². The first-order valence-electron chi connectivity index (χ1n) is 4.96. The van der Waals surface area contributed by atoms with Crippen LogP contribution in [-0.4, -0.2) is 26.3 Å². The normalized spacial score (nSPS) is 10.4. The van der Waals surface area contributed by atoms with Gasteiger partial charge in [0.25, 0.3) is 0 Å². The number of benzene rings is 1. The second-order valence-electron chi connectivity index (χ2n) is 3.33. The molecule has 0 atom stereocenters. The largest absolute Gasteiger partial charge is 0.493 e. The summed E-state index contributed by atoms with van der Waals surface area (Å²) in [6, 6.07) is 3.68. The molecule has 1 aromatic heterocycles. The maximum atomic E-state index is 5.40. The van der Waals surface area contributed by atoms with E-state index in [0.717, 1.165) is 15.4 Å². The second kappa shape index (κ2) is 4.79. The van der Waals surface area contributed by atoms with Crippen LogP contribution in [0.15, 0.2) is 22.8 Å². The molecule has 0 amide bonds. The lowest BCUT2D eigenvalue weighted by Gasteiger charge is -2.14. The highest BCUT2D eigenvalue weighted by atomic mass is 79.9. The molecule has 90 valence electrons. The molecule has 17 heavy (non-hydrogen) atoms. The van der Waals surface area contributed by atoms with Crippen molar-refractivity contribution in [1.29, 1.82) is 0 Å². The van der Waals surface area contributed by atoms with Crippen molar-refractivity contribution in [2.24, 2.45) is 0 Å². The van der Waals surface area contributed by atoms with Gasteiger partial charge in [-0.2, -0.15) is 0 Å². The van der Waals surface area contributed by atoms with Gasteiger partial charge in [-0.15, -0.1) is 0 Å². The van der Waals surface area contributed by atoms with Crippen molar-refractivity contribution >= 4 is 26.8 Å². The number of rotatable bonds is 3. The molecular formula is C12H12BrNO3. The average Bonchev–Trinajstić information content (AvgIpc) is 2.36. The van der Waals surface area contributed by atoms with Crippen LogP contribution in [0.3, 0.4) is 0 Å². The minimum absolute atomic E-state index is 0.566. The first kappa shape index (κ1) is 12.0. The van der Waals surface area contributed by atoms with E-state index in [0.29, 0.717) is 17.2 Å². The Balaban J connectivity index is 2.90. The third kappa shape index (κ3) is 1.91. The lowest BCUT2D eigenvalue weighted by Crippen LogP contribution is -1.97. The third-order valence-corrected chi connectivity index (χ3v) is 3.14. The predicted octanol–water partition coefficient (Wildman–Crippen LogP) is 3.02. The molecule has 0 spiro atoms. The van der Waals surface area contributed by atoms with Gasteiger partial charge >= 0.3 is 0 Å². The molecule has 2 aromatic rings. The zero-order valence-electron chi connectivity index (χ0n) is 9.78. The number of hydrogen-bond donors (Lipinski definition) is 0. The molecule has 0 bridgehead atoms. The molecule has 0 N–H and O–H groups in total. The van der Waals surface area contributed by atoms with Gasteiger partial charge in [-0.1, -0.05) is 0 Å². The van der Waals surface area contributed by atoms with Crippen LogP contribution in [0.4, 0.5) is 0 Å². The fourth-order valence-corrected chi connectivity index (χ4v) is 2.24. The van der Waals surface area contributed by atoms with Crippen LogP contribution in [0.1, 0.15) is 0 Å². The summed E-state index contributed by atoms with van der Waals surface area (Å²) >= 11 is 3.48. The van der Waals surface area contributed by atoms with Crippen LogP contribution in [0.2, 0.25) is 0 Å². The molecule has 0 aliphatic rings. The Bertz CT molecular complexity index is 557. The van der Waals surface area contributed by atoms with Gasteiger partial charge < -0.3 is 14.2 Å². The van der Waals surface area contributed by atoms with Crippen LogP contribution in [-0.2, 0) is 0 Å². The second-order valence-corrected chi connectivity index (χ2v) is 4.19. The molecule has 5 heteroatoms. The summed E-state index contributed by atoms with van der Waals surface area (Å²) in [5.74, 6) is 1.78. The summed E-state index contributed by atoms with van der Waals surface area (Å²) in [5.41, 5.74) is 0.786. The molecule has 0 radical (unpaired) electrons. The topological polar surface area (TPSA) is 40.6 Å². The molecule has 1 aromatic carbocycles. The van der Waals surface area contributed by atoms with Crippen molar-refractivity contribution in [3.63, 3.8) is 0 Å². The highest BCUT2D eigenvalue weighted by Gasteiger charge is 2.18. The highest BCUT2D eigenvalue weighted by molar-refractivity contribution is 9.10. The monoisotopic (exact) mass is 297 g/mol. The molecule has 4 nitrogen and oxygen atoms in total. The van der Waals surface area contributed by atoms with Crippen LogP contribution in [0.25, 0.3) is 10.9 Å². The number of methoxy groups -OCH3 is 3. The number of ether oxygens (including phenoxy) is 3. The predicted molar refractivity (Wildman–Crippen MR) is 69.1 cm³/mol. The Kier molecular flexibility index (Phi) is 3.38. The van der Waals surface area contributed by atoms with E-state index in [1.54, 1.807) is 27.5 Å². The smallest absolute Gasteiger partial charge is 0.204 e. The summed E-state index contributed by atoms with van der Waals surface area (Å²) in [7, 11) is 4.76. The maximum Gasteiger partial charge on any atom is 0.204 e. The average molecular weight is 298 g/mol. The van der Waals surface area contributed by atoms with Gasteiger partial charge in [0.1, 0.15) is 0 Å². The molecule has 0 saturated carbocycles. The van der Waals surface area contributed by atoms with E-state index in [1.807, 2.05) is 12.1 Å². The van der Waals surface area contributed by atoms with E-state index < -0.39 is 0 Å². The standard InChI is InChI=1S/C12H12BrNO3/c1-15-9-6-8-10(7(13)4-5-14-8)12(17-3)11(9)16-2/h4-6H,1-3H3. The van der Waals surface area contributed by atoms with Gasteiger partial charge in [0.2, 0.25) is 5.75 Å². The van der Waals surface area contributed by atoms with Crippen molar-refractivity contribution in [3.05, 3.63) is 22.8 Å². The van der Waals surface area contributed by atoms with E-state index in [9.17, 15) is 0 Å². The Morgan fingerprint density at radius 2 is 1.76 bits per heavy atom. The zero-order chi connectivity index (χ0) is 12.4. The molecule has 1 heterocycles. The molecule has 0 saturated heterocycles. The number of nitrogens with zero attached hydrogens (tertiary/aromatic N) is 1. The fourth-order valence-electron chi connectivity index (χ4n) is 1.74. The third-order valence-electron chi connectivity index (χ3n) is 2.48. The van der Waals surface area contributed by atoms with Crippen molar-refractivity contribution in [1.82, 2.24) is 4.98 Å². The van der Waals surface area contributed by atoms with Crippen LogP contribution in [0, 0.1) is 0 Å². The molecule has 2 rings (SSSR count). The Morgan fingerprint density at radius 3 is 2.35 bits per heavy atom. The lowest BCUT2D eigenvalue weighted by molar-refractivity contribution is 0.327. The maximum absolute atomic E-state index is 5.40. The molecule has 0 aliphatic carbocycles. The van der Waals surface area contributed by atoms with E-state index in [1.165, 1.54) is 0 Å². The summed E-state index contributed by atoms with van der Waals surface area (Å²) in [5, 5.41) is 0.868. The van der Waals surface area contributed by atoms with Gasteiger partial charge in [-0.3, -0.25) is 4.98 Å². The molecule has 0 unspecified atom stereocenters. The van der Waals surface area contributed by atoms with Gasteiger partial charge in [0.15, 0.2) is 11.5 Å². The van der Waals surface area contributed by atoms with Gasteiger partial charge in [0, 0.05) is 16.7 Å². The quantitative estimate of drug-likeness (QED) is 0.873. The van der Waals surface area contributed by atoms with E-state index >= 15 is 0 Å². The number of fused-ring (bicyclic) bond motifs is 1. The van der Waals surface area contributed by atoms with Gasteiger partial charge in [-0.05, 0) is 22.0 Å². The van der Waals surface area contributed by atoms with Gasteiger partial charge in [0.05, 0.1) is 32.2 Å². The first-order valence-corrected chi connectivity index (χ1v) is 5.75. The Morgan fingerprint density at radius 1 is 1.06 bits per heavy atom. The van der Waals surface area contributed by atoms with Crippen LogP contribution in [0.5, 0.6) is 17.2 Å². The van der Waals surface area contributed by atoms with E-state index in [-0.39, 0.29) is 0 Å². The fraction of sp³-hybridized carbons (Fsp3) is 0.250. The Labute approximate surface area is 108 Å². The number of halogens is 1. The minimum atomic E-state index is 0.566. The summed E-state index contributed by atoms with van der Waals surface area (Å²) in [6.07, 6.45) is 1.72. The zero-order valence-corrected chi connectivity index (χ0v) is 11.4. The SMILES string of the molecule is COc1cc2nccc(Br)c2c(OC)c1OC. The summed E-state index contributed by atoms with van der Waals surface area (Å²) < 4.78 is 16.9. The molecular weight excluding hydrogens is 286 g/mol. The van der Waals surface area contributed by atoms with Crippen molar-refractivity contribution in [3.8, 4) is 17.2 Å². The highest BCUT2D eigenvalue weighted by Crippen LogP contribution is 2.44. The van der Waals surface area contributed by atoms with Crippen molar-refractivity contribution < 1.29 is 14.2 Å². The van der Waals surface area contributed by atoms with Crippen molar-refractivity contribution in [2.45, 2.75) is 0 Å². The van der Waals surface area contributed by atoms with Crippen LogP contribution < -0.4 is 14.2 Å².